The van der Waals surface area contributed by atoms with E-state index in [1.165, 1.54) is 18.2 Å². The molecule has 8 nitrogen and oxygen atoms in total. The molecule has 1 aliphatic heterocycles. The van der Waals surface area contributed by atoms with E-state index < -0.39 is 15.8 Å². The third-order valence-corrected chi connectivity index (χ3v) is 9.00. The third-order valence-electron chi connectivity index (χ3n) is 6.22. The summed E-state index contributed by atoms with van der Waals surface area (Å²) in [4.78, 5) is 21.9. The van der Waals surface area contributed by atoms with Crippen LogP contribution < -0.4 is 14.9 Å². The van der Waals surface area contributed by atoms with Crippen LogP contribution in [0.15, 0.2) is 71.6 Å². The summed E-state index contributed by atoms with van der Waals surface area (Å²) in [6, 6.07) is 16.6. The molecule has 38 heavy (non-hydrogen) atoms. The van der Waals surface area contributed by atoms with E-state index >= 15 is 0 Å². The summed E-state index contributed by atoms with van der Waals surface area (Å²) >= 11 is 7.91. The lowest BCUT2D eigenvalue weighted by Gasteiger charge is -2.34. The van der Waals surface area contributed by atoms with Crippen molar-refractivity contribution in [1.29, 1.82) is 0 Å². The smallest absolute Gasteiger partial charge is 0.261 e. The second-order valence-corrected chi connectivity index (χ2v) is 11.9. The van der Waals surface area contributed by atoms with Crippen molar-refractivity contribution in [2.24, 2.45) is 0 Å². The maximum Gasteiger partial charge on any atom is 0.261 e. The van der Waals surface area contributed by atoms with Gasteiger partial charge in [-0.25, -0.2) is 17.8 Å². The SMILES string of the molecule is O=C(NCCN1CCN(c2nc3c(Cl)cccc3s2)CC1)c1cccc(NS(=O)(=O)c2ccc(F)cc2)c1. The van der Waals surface area contributed by atoms with Gasteiger partial charge in [-0.15, -0.1) is 0 Å². The topological polar surface area (TPSA) is 94.6 Å². The van der Waals surface area contributed by atoms with E-state index in [1.807, 2.05) is 18.2 Å². The summed E-state index contributed by atoms with van der Waals surface area (Å²) in [6.07, 6.45) is 0. The molecule has 12 heteroatoms. The molecule has 0 bridgehead atoms. The molecule has 1 aliphatic rings. The largest absolute Gasteiger partial charge is 0.351 e. The fourth-order valence-electron chi connectivity index (χ4n) is 4.18. The zero-order valence-corrected chi connectivity index (χ0v) is 22.6. The summed E-state index contributed by atoms with van der Waals surface area (Å²) in [7, 11) is -3.91. The Bertz CT molecular complexity index is 1550. The predicted octanol–water partition coefficient (Wildman–Crippen LogP) is 4.44. The van der Waals surface area contributed by atoms with Crippen molar-refractivity contribution in [3.63, 3.8) is 0 Å². The minimum absolute atomic E-state index is 0.0687. The Labute approximate surface area is 229 Å². The van der Waals surface area contributed by atoms with E-state index in [0.29, 0.717) is 23.7 Å². The minimum atomic E-state index is -3.91. The van der Waals surface area contributed by atoms with Gasteiger partial charge in [0.2, 0.25) is 0 Å². The average molecular weight is 574 g/mol. The predicted molar refractivity (Wildman–Crippen MR) is 149 cm³/mol. The van der Waals surface area contributed by atoms with Gasteiger partial charge in [-0.05, 0) is 54.6 Å². The third kappa shape index (κ3) is 6.07. The average Bonchev–Trinajstić information content (AvgIpc) is 3.35. The van der Waals surface area contributed by atoms with E-state index in [1.54, 1.807) is 29.5 Å². The first-order valence-corrected chi connectivity index (χ1v) is 14.7. The molecule has 4 aromatic rings. The number of hydrogen-bond donors (Lipinski definition) is 2. The molecule has 3 aromatic carbocycles. The normalized spacial score (nSPS) is 14.5. The minimum Gasteiger partial charge on any atom is -0.351 e. The first-order valence-electron chi connectivity index (χ1n) is 12.0. The summed E-state index contributed by atoms with van der Waals surface area (Å²) < 4.78 is 41.8. The Kier molecular flexibility index (Phi) is 7.80. The molecule has 1 aromatic heterocycles. The molecule has 0 atom stereocenters. The number of benzene rings is 3. The van der Waals surface area contributed by atoms with Crippen molar-refractivity contribution in [2.75, 3.05) is 48.9 Å². The summed E-state index contributed by atoms with van der Waals surface area (Å²) in [5, 5.41) is 4.53. The highest BCUT2D eigenvalue weighted by Gasteiger charge is 2.21. The maximum atomic E-state index is 13.1. The highest BCUT2D eigenvalue weighted by Crippen LogP contribution is 2.33. The number of carbonyl (C=O) groups is 1. The standard InChI is InChI=1S/C26H25ClFN5O3S2/c27-22-5-2-6-23-24(22)30-26(37-23)33-15-13-32(14-16-33)12-11-29-25(34)18-3-1-4-20(17-18)31-38(35,36)21-9-7-19(28)8-10-21/h1-10,17,31H,11-16H2,(H,29,34). The lowest BCUT2D eigenvalue weighted by Crippen LogP contribution is -2.48. The van der Waals surface area contributed by atoms with Gasteiger partial charge in [0.15, 0.2) is 5.13 Å². The van der Waals surface area contributed by atoms with E-state index in [9.17, 15) is 17.6 Å². The first-order chi connectivity index (χ1) is 18.3. The van der Waals surface area contributed by atoms with E-state index in [0.717, 1.165) is 53.7 Å². The molecule has 2 heterocycles. The number of piperazine rings is 1. The zero-order valence-electron chi connectivity index (χ0n) is 20.2. The lowest BCUT2D eigenvalue weighted by atomic mass is 10.2. The van der Waals surface area contributed by atoms with Crippen LogP contribution in [0.4, 0.5) is 15.2 Å². The van der Waals surface area contributed by atoms with Crippen LogP contribution in [0.2, 0.25) is 5.02 Å². The lowest BCUT2D eigenvalue weighted by molar-refractivity contribution is 0.0948. The van der Waals surface area contributed by atoms with Gasteiger partial charge in [0.05, 0.1) is 14.6 Å². The monoisotopic (exact) mass is 573 g/mol. The maximum absolute atomic E-state index is 13.1. The Morgan fingerprint density at radius 1 is 1.03 bits per heavy atom. The number of nitrogens with zero attached hydrogens (tertiary/aromatic N) is 3. The summed E-state index contributed by atoms with van der Waals surface area (Å²) in [6.45, 7) is 4.52. The van der Waals surface area contributed by atoms with Gasteiger partial charge in [0, 0.05) is 50.5 Å². The van der Waals surface area contributed by atoms with Crippen molar-refractivity contribution in [1.82, 2.24) is 15.2 Å². The highest BCUT2D eigenvalue weighted by molar-refractivity contribution is 7.92. The van der Waals surface area contributed by atoms with Crippen molar-refractivity contribution < 1.29 is 17.6 Å². The van der Waals surface area contributed by atoms with Gasteiger partial charge in [-0.1, -0.05) is 35.1 Å². The van der Waals surface area contributed by atoms with Crippen molar-refractivity contribution in [3.8, 4) is 0 Å². The van der Waals surface area contributed by atoms with Crippen molar-refractivity contribution in [3.05, 3.63) is 83.1 Å². The van der Waals surface area contributed by atoms with Crippen molar-refractivity contribution in [2.45, 2.75) is 4.90 Å². The number of aromatic nitrogens is 1. The van der Waals surface area contributed by atoms with Crippen LogP contribution in [0.25, 0.3) is 10.2 Å². The number of para-hydroxylation sites is 1. The number of carbonyl (C=O) groups excluding carboxylic acids is 1. The molecule has 0 unspecified atom stereocenters. The van der Waals surface area contributed by atoms with Gasteiger partial charge in [0.25, 0.3) is 15.9 Å². The number of hydrogen-bond acceptors (Lipinski definition) is 7. The van der Waals surface area contributed by atoms with Crippen LogP contribution in [0.3, 0.4) is 0 Å². The van der Waals surface area contributed by atoms with Crippen LogP contribution in [0.1, 0.15) is 10.4 Å². The second kappa shape index (κ2) is 11.2. The molecule has 5 rings (SSSR count). The Balaban J connectivity index is 1.11. The van der Waals surface area contributed by atoms with Gasteiger partial charge in [-0.2, -0.15) is 0 Å². The zero-order chi connectivity index (χ0) is 26.7. The van der Waals surface area contributed by atoms with Crippen LogP contribution in [0.5, 0.6) is 0 Å². The number of nitrogens with one attached hydrogen (secondary N) is 2. The molecule has 198 valence electrons. The van der Waals surface area contributed by atoms with Gasteiger partial charge < -0.3 is 10.2 Å². The number of rotatable bonds is 8. The number of sulfonamides is 1. The van der Waals surface area contributed by atoms with Gasteiger partial charge >= 0.3 is 0 Å². The highest BCUT2D eigenvalue weighted by atomic mass is 35.5. The molecular formula is C26H25ClFN5O3S2. The fourth-order valence-corrected chi connectivity index (χ4v) is 6.55. The number of anilines is 2. The molecule has 0 saturated carbocycles. The number of halogens is 2. The molecule has 1 fully saturated rings. The molecule has 0 spiro atoms. The first kappa shape index (κ1) is 26.4. The molecule has 2 N–H and O–H groups in total. The van der Waals surface area contributed by atoms with Crippen LogP contribution in [-0.4, -0.2) is 63.5 Å². The Hall–Kier alpha value is -3.25. The molecule has 0 radical (unpaired) electrons. The number of fused-ring (bicyclic) bond motifs is 1. The number of thiazole rings is 1. The molecular weight excluding hydrogens is 549 g/mol. The van der Waals surface area contributed by atoms with Crippen molar-refractivity contribution >= 4 is 59.9 Å². The molecule has 1 saturated heterocycles. The van der Waals surface area contributed by atoms with Crippen LogP contribution in [0, 0.1) is 5.82 Å². The Morgan fingerprint density at radius 2 is 1.76 bits per heavy atom. The van der Waals surface area contributed by atoms with Gasteiger partial charge in [-0.3, -0.25) is 14.4 Å². The quantitative estimate of drug-likeness (QED) is 0.324. The second-order valence-electron chi connectivity index (χ2n) is 8.81. The van der Waals surface area contributed by atoms with Gasteiger partial charge in [0.1, 0.15) is 11.3 Å². The van der Waals surface area contributed by atoms with E-state index in [4.69, 9.17) is 16.6 Å². The fraction of sp³-hybridized carbons (Fsp3) is 0.231. The number of amides is 1. The molecule has 0 aliphatic carbocycles. The van der Waals surface area contributed by atoms with Crippen LogP contribution in [-0.2, 0) is 10.0 Å². The van der Waals surface area contributed by atoms with Crippen LogP contribution >= 0.6 is 22.9 Å². The summed E-state index contributed by atoms with van der Waals surface area (Å²) in [5.41, 5.74) is 1.42. The molecule has 1 amide bonds. The van der Waals surface area contributed by atoms with E-state index in [2.05, 4.69) is 19.8 Å². The van der Waals surface area contributed by atoms with E-state index in [-0.39, 0.29) is 16.5 Å². The summed E-state index contributed by atoms with van der Waals surface area (Å²) in [5.74, 6) is -0.819. The Morgan fingerprint density at radius 3 is 2.50 bits per heavy atom.